The lowest BCUT2D eigenvalue weighted by molar-refractivity contribution is -0.129. The topological polar surface area (TPSA) is 169 Å². The standard InChI is InChI=1S/C28H37N9O5S2/c1-44(40,41)37-11-9-35(10-12-37)18-19-17-22-25(43-19)28(36-13-15-42-16-14-36)31-26(30-22)20-5-4-6-21-24(20)27(33-32-21)29-8-3-2-7-23(38)34-39/h4-6,17,39H,2-3,7-16,18H2,1H3,(H,34,38)(H2,29,32,33). The van der Waals surface area contributed by atoms with E-state index in [2.05, 4.69) is 31.4 Å². The molecule has 0 bridgehead atoms. The van der Waals surface area contributed by atoms with E-state index < -0.39 is 15.9 Å². The molecule has 2 aliphatic rings. The molecule has 0 unspecified atom stereocenters. The van der Waals surface area contributed by atoms with E-state index >= 15 is 0 Å². The van der Waals surface area contributed by atoms with Crippen molar-refractivity contribution < 1.29 is 23.2 Å². The Morgan fingerprint density at radius 1 is 1.11 bits per heavy atom. The number of aromatic nitrogens is 4. The number of sulfonamides is 1. The van der Waals surface area contributed by atoms with Gasteiger partial charge in [-0.2, -0.15) is 9.40 Å². The quantitative estimate of drug-likeness (QED) is 0.107. The number of hydrogen-bond acceptors (Lipinski definition) is 12. The van der Waals surface area contributed by atoms with E-state index in [-0.39, 0.29) is 6.42 Å². The highest BCUT2D eigenvalue weighted by Gasteiger charge is 2.25. The molecule has 1 aromatic carbocycles. The fraction of sp³-hybridized carbons (Fsp3) is 0.500. The van der Waals surface area contributed by atoms with Crippen LogP contribution in [0.5, 0.6) is 0 Å². The number of piperazine rings is 1. The van der Waals surface area contributed by atoms with Gasteiger partial charge in [-0.3, -0.25) is 20.0 Å². The van der Waals surface area contributed by atoms with Gasteiger partial charge >= 0.3 is 0 Å². The molecule has 16 heteroatoms. The summed E-state index contributed by atoms with van der Waals surface area (Å²) in [5.41, 5.74) is 4.26. The molecule has 236 valence electrons. The molecule has 5 heterocycles. The molecule has 3 aromatic heterocycles. The number of ether oxygens (including phenoxy) is 1. The minimum atomic E-state index is -3.18. The molecule has 4 N–H and O–H groups in total. The highest BCUT2D eigenvalue weighted by molar-refractivity contribution is 7.88. The first-order valence-corrected chi connectivity index (χ1v) is 17.4. The second-order valence-corrected chi connectivity index (χ2v) is 14.2. The molecule has 14 nitrogen and oxygen atoms in total. The molecule has 0 saturated carbocycles. The number of nitrogens with one attached hydrogen (secondary N) is 3. The van der Waals surface area contributed by atoms with Crippen molar-refractivity contribution in [1.29, 1.82) is 0 Å². The molecular formula is C28H37N9O5S2. The number of unbranched alkanes of at least 4 members (excludes halogenated alkanes) is 1. The summed E-state index contributed by atoms with van der Waals surface area (Å²) in [6, 6.07) is 8.07. The fourth-order valence-electron chi connectivity index (χ4n) is 5.65. The van der Waals surface area contributed by atoms with E-state index in [4.69, 9.17) is 19.9 Å². The lowest BCUT2D eigenvalue weighted by atomic mass is 10.1. The van der Waals surface area contributed by atoms with Crippen LogP contribution in [-0.4, -0.2) is 114 Å². The van der Waals surface area contributed by atoms with Crippen molar-refractivity contribution in [2.75, 3.05) is 75.5 Å². The zero-order valence-corrected chi connectivity index (χ0v) is 26.2. The molecule has 0 radical (unpaired) electrons. The molecule has 2 fully saturated rings. The molecule has 0 atom stereocenters. The third-order valence-electron chi connectivity index (χ3n) is 7.97. The van der Waals surface area contributed by atoms with Crippen molar-refractivity contribution in [3.05, 3.63) is 29.1 Å². The molecule has 0 spiro atoms. The fourth-order valence-corrected chi connectivity index (χ4v) is 7.63. The van der Waals surface area contributed by atoms with Crippen molar-refractivity contribution in [3.63, 3.8) is 0 Å². The number of fused-ring (bicyclic) bond motifs is 2. The normalized spacial score (nSPS) is 17.0. The van der Waals surface area contributed by atoms with Crippen LogP contribution in [-0.2, 0) is 26.1 Å². The number of thiophene rings is 1. The van der Waals surface area contributed by atoms with Gasteiger partial charge in [0.05, 0.1) is 40.6 Å². The van der Waals surface area contributed by atoms with Crippen LogP contribution in [0.3, 0.4) is 0 Å². The van der Waals surface area contributed by atoms with E-state index in [0.29, 0.717) is 64.0 Å². The number of amides is 1. The van der Waals surface area contributed by atoms with Crippen LogP contribution in [0.1, 0.15) is 24.1 Å². The number of morpholine rings is 1. The number of hydroxylamine groups is 1. The summed E-state index contributed by atoms with van der Waals surface area (Å²) in [7, 11) is -3.18. The monoisotopic (exact) mass is 643 g/mol. The Morgan fingerprint density at radius 2 is 1.91 bits per heavy atom. The average molecular weight is 644 g/mol. The first-order chi connectivity index (χ1) is 21.3. The summed E-state index contributed by atoms with van der Waals surface area (Å²) >= 11 is 1.69. The molecule has 0 aliphatic carbocycles. The number of nitrogens with zero attached hydrogens (tertiary/aromatic N) is 6. The maximum absolute atomic E-state index is 12.0. The van der Waals surface area contributed by atoms with Crippen LogP contribution in [0.25, 0.3) is 32.5 Å². The van der Waals surface area contributed by atoms with Gasteiger partial charge in [0.15, 0.2) is 17.5 Å². The predicted molar refractivity (Wildman–Crippen MR) is 169 cm³/mol. The summed E-state index contributed by atoms with van der Waals surface area (Å²) in [6.07, 6.45) is 2.88. The lowest BCUT2D eigenvalue weighted by Gasteiger charge is -2.32. The summed E-state index contributed by atoms with van der Waals surface area (Å²) in [6.45, 7) is 6.44. The maximum Gasteiger partial charge on any atom is 0.243 e. The predicted octanol–water partition coefficient (Wildman–Crippen LogP) is 2.24. The van der Waals surface area contributed by atoms with Gasteiger partial charge in [0, 0.05) is 69.2 Å². The minimum Gasteiger partial charge on any atom is -0.378 e. The number of H-pyrrole nitrogens is 1. The van der Waals surface area contributed by atoms with E-state index in [1.165, 1.54) is 10.6 Å². The van der Waals surface area contributed by atoms with Crippen LogP contribution in [0.4, 0.5) is 11.6 Å². The van der Waals surface area contributed by atoms with E-state index in [1.54, 1.807) is 16.8 Å². The SMILES string of the molecule is CS(=O)(=O)N1CCN(Cc2cc3nc(-c4cccc5[nH]nc(NCCCCC(=O)NO)c45)nc(N4CCOCC4)c3s2)CC1. The Bertz CT molecular complexity index is 1730. The van der Waals surface area contributed by atoms with Crippen molar-refractivity contribution in [1.82, 2.24) is 34.9 Å². The zero-order chi connectivity index (χ0) is 30.7. The van der Waals surface area contributed by atoms with Crippen molar-refractivity contribution in [3.8, 4) is 11.4 Å². The largest absolute Gasteiger partial charge is 0.378 e. The van der Waals surface area contributed by atoms with Crippen LogP contribution >= 0.6 is 11.3 Å². The van der Waals surface area contributed by atoms with Gasteiger partial charge in [-0.15, -0.1) is 11.3 Å². The van der Waals surface area contributed by atoms with E-state index in [9.17, 15) is 13.2 Å². The van der Waals surface area contributed by atoms with Gasteiger partial charge in [-0.25, -0.2) is 23.9 Å². The number of benzene rings is 1. The van der Waals surface area contributed by atoms with Crippen LogP contribution in [0.2, 0.25) is 0 Å². The Labute approximate surface area is 259 Å². The second kappa shape index (κ2) is 13.3. The number of carbonyl (C=O) groups is 1. The minimum absolute atomic E-state index is 0.252. The number of hydrogen-bond donors (Lipinski definition) is 4. The third kappa shape index (κ3) is 6.79. The Balaban J connectivity index is 1.29. The van der Waals surface area contributed by atoms with E-state index in [1.807, 2.05) is 18.2 Å². The first-order valence-electron chi connectivity index (χ1n) is 14.7. The van der Waals surface area contributed by atoms with E-state index in [0.717, 1.165) is 63.4 Å². The van der Waals surface area contributed by atoms with Crippen molar-refractivity contribution >= 4 is 60.0 Å². The smallest absolute Gasteiger partial charge is 0.243 e. The molecule has 2 saturated heterocycles. The van der Waals surface area contributed by atoms with Gasteiger partial charge in [0.1, 0.15) is 0 Å². The van der Waals surface area contributed by atoms with Gasteiger partial charge in [-0.05, 0) is 25.0 Å². The summed E-state index contributed by atoms with van der Waals surface area (Å²) in [5, 5.41) is 20.6. The number of rotatable bonds is 11. The Hall–Kier alpha value is -3.41. The Morgan fingerprint density at radius 3 is 2.66 bits per heavy atom. The van der Waals surface area contributed by atoms with Crippen molar-refractivity contribution in [2.24, 2.45) is 0 Å². The average Bonchev–Trinajstić information content (AvgIpc) is 3.64. The van der Waals surface area contributed by atoms with Crippen LogP contribution in [0.15, 0.2) is 24.3 Å². The number of aromatic amines is 1. The van der Waals surface area contributed by atoms with Gasteiger partial charge < -0.3 is 15.0 Å². The summed E-state index contributed by atoms with van der Waals surface area (Å²) < 4.78 is 32.1. The first kappa shape index (κ1) is 30.6. The number of anilines is 2. The van der Waals surface area contributed by atoms with Gasteiger partial charge in [0.2, 0.25) is 15.9 Å². The van der Waals surface area contributed by atoms with Gasteiger partial charge in [0.25, 0.3) is 0 Å². The zero-order valence-electron chi connectivity index (χ0n) is 24.6. The highest BCUT2D eigenvalue weighted by Crippen LogP contribution is 2.37. The molecule has 44 heavy (non-hydrogen) atoms. The molecule has 1 amide bonds. The number of carbonyl (C=O) groups excluding carboxylic acids is 1. The summed E-state index contributed by atoms with van der Waals surface area (Å²) in [4.78, 5) is 27.2. The molecule has 4 aromatic rings. The van der Waals surface area contributed by atoms with Gasteiger partial charge in [-0.1, -0.05) is 12.1 Å². The van der Waals surface area contributed by atoms with Crippen molar-refractivity contribution in [2.45, 2.75) is 25.8 Å². The maximum atomic E-state index is 12.0. The molecular weight excluding hydrogens is 607 g/mol. The highest BCUT2D eigenvalue weighted by atomic mass is 32.2. The third-order valence-corrected chi connectivity index (χ3v) is 10.4. The lowest BCUT2D eigenvalue weighted by Crippen LogP contribution is -2.47. The summed E-state index contributed by atoms with van der Waals surface area (Å²) in [5.74, 6) is 1.80. The van der Waals surface area contributed by atoms with Crippen LogP contribution < -0.4 is 15.7 Å². The molecule has 2 aliphatic heterocycles. The van der Waals surface area contributed by atoms with Crippen LogP contribution in [0, 0.1) is 0 Å². The Kier molecular flexibility index (Phi) is 9.25. The molecule has 6 rings (SSSR count). The second-order valence-electron chi connectivity index (χ2n) is 11.1.